The van der Waals surface area contributed by atoms with E-state index >= 15 is 0 Å². The second-order valence-electron chi connectivity index (χ2n) is 13.7. The topological polar surface area (TPSA) is 78.9 Å². The molecule has 0 spiro atoms. The molecule has 0 aromatic rings. The predicted molar refractivity (Wildman–Crippen MR) is 187 cm³/mol. The average molecular weight is 639 g/mol. The van der Waals surface area contributed by atoms with Crippen LogP contribution in [0.4, 0.5) is 0 Å². The highest BCUT2D eigenvalue weighted by Crippen LogP contribution is 2.15. The summed E-state index contributed by atoms with van der Waals surface area (Å²) in [5.41, 5.74) is 0. The van der Waals surface area contributed by atoms with Crippen LogP contribution in [-0.4, -0.2) is 37.2 Å². The summed E-state index contributed by atoms with van der Waals surface area (Å²) in [5, 5.41) is 0. The number of unbranched alkanes of at least 4 members (excludes halogenated alkanes) is 21. The number of hydrogen-bond donors (Lipinski definition) is 0. The van der Waals surface area contributed by atoms with E-state index < -0.39 is 6.10 Å². The zero-order valence-electron chi connectivity index (χ0n) is 30.3. The van der Waals surface area contributed by atoms with Gasteiger partial charge in [0.2, 0.25) is 0 Å². The molecule has 45 heavy (non-hydrogen) atoms. The Morgan fingerprint density at radius 2 is 0.733 bits per heavy atom. The van der Waals surface area contributed by atoms with Gasteiger partial charge in [-0.15, -0.1) is 0 Å². The van der Waals surface area contributed by atoms with Crippen LogP contribution >= 0.6 is 0 Å². The van der Waals surface area contributed by atoms with E-state index in [-0.39, 0.29) is 31.1 Å². The Hall–Kier alpha value is -1.59. The van der Waals surface area contributed by atoms with Crippen molar-refractivity contribution in [1.82, 2.24) is 0 Å². The molecule has 0 aliphatic heterocycles. The molecule has 0 aromatic heterocycles. The molecule has 0 amide bonds. The lowest BCUT2D eigenvalue weighted by Crippen LogP contribution is -2.30. The summed E-state index contributed by atoms with van der Waals surface area (Å²) >= 11 is 0. The first-order chi connectivity index (χ1) is 21.9. The smallest absolute Gasteiger partial charge is 0.306 e. The van der Waals surface area contributed by atoms with Gasteiger partial charge in [0.1, 0.15) is 13.2 Å². The molecule has 0 aromatic carbocycles. The zero-order chi connectivity index (χ0) is 33.2. The monoisotopic (exact) mass is 639 g/mol. The highest BCUT2D eigenvalue weighted by atomic mass is 16.6. The lowest BCUT2D eigenvalue weighted by molar-refractivity contribution is -0.167. The second kappa shape index (κ2) is 33.8. The summed E-state index contributed by atoms with van der Waals surface area (Å²) < 4.78 is 16.5. The molecule has 0 bridgehead atoms. The van der Waals surface area contributed by atoms with Crippen LogP contribution in [0.2, 0.25) is 0 Å². The molecular weight excluding hydrogens is 564 g/mol. The molecule has 0 saturated heterocycles. The number of rotatable bonds is 34. The maximum Gasteiger partial charge on any atom is 0.306 e. The fourth-order valence-corrected chi connectivity index (χ4v) is 5.57. The van der Waals surface area contributed by atoms with Crippen LogP contribution in [0, 0.1) is 5.92 Å². The molecule has 0 unspecified atom stereocenters. The van der Waals surface area contributed by atoms with E-state index in [1.165, 1.54) is 96.3 Å². The van der Waals surface area contributed by atoms with Crippen LogP contribution in [0.1, 0.15) is 207 Å². The number of hydrogen-bond acceptors (Lipinski definition) is 6. The molecule has 0 fully saturated rings. The molecule has 0 heterocycles. The van der Waals surface area contributed by atoms with Gasteiger partial charge in [-0.2, -0.15) is 0 Å². The second-order valence-corrected chi connectivity index (χ2v) is 13.7. The lowest BCUT2D eigenvalue weighted by Gasteiger charge is -2.18. The van der Waals surface area contributed by atoms with E-state index in [0.717, 1.165) is 70.1 Å². The van der Waals surface area contributed by atoms with Gasteiger partial charge >= 0.3 is 17.9 Å². The van der Waals surface area contributed by atoms with Gasteiger partial charge < -0.3 is 14.2 Å². The minimum atomic E-state index is -0.756. The Kier molecular flexibility index (Phi) is 32.6. The van der Waals surface area contributed by atoms with Gasteiger partial charge in [-0.1, -0.05) is 169 Å². The van der Waals surface area contributed by atoms with Gasteiger partial charge in [0.05, 0.1) is 0 Å². The number of ether oxygens (including phenoxy) is 3. The van der Waals surface area contributed by atoms with Gasteiger partial charge in [-0.05, 0) is 25.2 Å². The minimum absolute atomic E-state index is 0.0668. The van der Waals surface area contributed by atoms with Crippen molar-refractivity contribution >= 4 is 17.9 Å². The Balaban J connectivity index is 4.27. The first kappa shape index (κ1) is 43.4. The number of esters is 3. The highest BCUT2D eigenvalue weighted by molar-refractivity contribution is 5.71. The Morgan fingerprint density at radius 3 is 1.09 bits per heavy atom. The van der Waals surface area contributed by atoms with Crippen molar-refractivity contribution in [2.75, 3.05) is 13.2 Å². The van der Waals surface area contributed by atoms with E-state index in [2.05, 4.69) is 27.7 Å². The van der Waals surface area contributed by atoms with Gasteiger partial charge in [-0.3, -0.25) is 14.4 Å². The molecule has 0 saturated carbocycles. The van der Waals surface area contributed by atoms with Crippen molar-refractivity contribution in [3.05, 3.63) is 0 Å². The fraction of sp³-hybridized carbons (Fsp3) is 0.923. The Labute approximate surface area is 278 Å². The summed E-state index contributed by atoms with van der Waals surface area (Å²) in [6, 6.07) is 0. The average Bonchev–Trinajstić information content (AvgIpc) is 3.01. The van der Waals surface area contributed by atoms with Crippen LogP contribution in [0.3, 0.4) is 0 Å². The molecule has 0 aliphatic rings. The first-order valence-corrected chi connectivity index (χ1v) is 19.4. The van der Waals surface area contributed by atoms with E-state index in [1.54, 1.807) is 0 Å². The largest absolute Gasteiger partial charge is 0.462 e. The van der Waals surface area contributed by atoms with Crippen molar-refractivity contribution in [3.8, 4) is 0 Å². The van der Waals surface area contributed by atoms with Gasteiger partial charge in [0.25, 0.3) is 0 Å². The number of carbonyl (C=O) groups is 3. The lowest BCUT2D eigenvalue weighted by atomic mass is 10.0. The third kappa shape index (κ3) is 33.6. The van der Waals surface area contributed by atoms with Crippen LogP contribution < -0.4 is 0 Å². The molecule has 266 valence electrons. The van der Waals surface area contributed by atoms with Gasteiger partial charge in [-0.25, -0.2) is 0 Å². The standard InChI is InChI=1S/C39H74O6/c1-5-7-9-11-12-13-14-15-16-19-24-28-32-39(42)45-36(33-43-37(40)30-26-21-10-8-6-2)34-44-38(41)31-27-23-20-17-18-22-25-29-35(3)4/h35-36H,5-34H2,1-4H3/t36-/m0/s1. The predicted octanol–water partition coefficient (Wildman–Crippen LogP) is 11.6. The summed E-state index contributed by atoms with van der Waals surface area (Å²) in [6.07, 6.45) is 29.8. The van der Waals surface area contributed by atoms with E-state index in [4.69, 9.17) is 14.2 Å². The highest BCUT2D eigenvalue weighted by Gasteiger charge is 2.19. The number of carbonyl (C=O) groups excluding carboxylic acids is 3. The van der Waals surface area contributed by atoms with E-state index in [0.29, 0.717) is 19.3 Å². The Morgan fingerprint density at radius 1 is 0.422 bits per heavy atom. The molecular formula is C39H74O6. The third-order valence-electron chi connectivity index (χ3n) is 8.54. The SMILES string of the molecule is CCCCCCCCCCCCCCC(=O)O[C@@H](COC(=O)CCCCCCC)COC(=O)CCCCCCCCCC(C)C. The quantitative estimate of drug-likeness (QED) is 0.0396. The van der Waals surface area contributed by atoms with Crippen molar-refractivity contribution in [1.29, 1.82) is 0 Å². The normalized spacial score (nSPS) is 11.9. The van der Waals surface area contributed by atoms with Crippen LogP contribution in [-0.2, 0) is 28.6 Å². The first-order valence-electron chi connectivity index (χ1n) is 19.4. The van der Waals surface area contributed by atoms with Crippen molar-refractivity contribution < 1.29 is 28.6 Å². The third-order valence-corrected chi connectivity index (χ3v) is 8.54. The maximum atomic E-state index is 12.6. The summed E-state index contributed by atoms with van der Waals surface area (Å²) in [5.74, 6) is -0.0990. The molecule has 0 N–H and O–H groups in total. The Bertz CT molecular complexity index is 676. The van der Waals surface area contributed by atoms with Crippen molar-refractivity contribution in [2.45, 2.75) is 214 Å². The molecule has 0 rings (SSSR count). The van der Waals surface area contributed by atoms with Crippen LogP contribution in [0.15, 0.2) is 0 Å². The summed E-state index contributed by atoms with van der Waals surface area (Å²) in [4.78, 5) is 37.2. The minimum Gasteiger partial charge on any atom is -0.462 e. The summed E-state index contributed by atoms with van der Waals surface area (Å²) in [7, 11) is 0. The summed E-state index contributed by atoms with van der Waals surface area (Å²) in [6.45, 7) is 8.83. The molecule has 6 heteroatoms. The molecule has 0 radical (unpaired) electrons. The molecule has 0 aliphatic carbocycles. The zero-order valence-corrected chi connectivity index (χ0v) is 30.3. The van der Waals surface area contributed by atoms with Crippen molar-refractivity contribution in [2.24, 2.45) is 5.92 Å². The molecule has 1 atom stereocenters. The van der Waals surface area contributed by atoms with Crippen LogP contribution in [0.5, 0.6) is 0 Å². The molecule has 6 nitrogen and oxygen atoms in total. The van der Waals surface area contributed by atoms with Gasteiger partial charge in [0, 0.05) is 19.3 Å². The van der Waals surface area contributed by atoms with E-state index in [1.807, 2.05) is 0 Å². The van der Waals surface area contributed by atoms with Gasteiger partial charge in [0.15, 0.2) is 6.10 Å². The van der Waals surface area contributed by atoms with Crippen molar-refractivity contribution in [3.63, 3.8) is 0 Å². The maximum absolute atomic E-state index is 12.6. The van der Waals surface area contributed by atoms with E-state index in [9.17, 15) is 14.4 Å². The fourth-order valence-electron chi connectivity index (χ4n) is 5.57. The van der Waals surface area contributed by atoms with Crippen LogP contribution in [0.25, 0.3) is 0 Å².